The average Bonchev–Trinajstić information content (AvgIpc) is 3.46. The van der Waals surface area contributed by atoms with Gasteiger partial charge in [-0.3, -0.25) is 0 Å². The Bertz CT molecular complexity index is 920. The number of hydrogen-bond donors (Lipinski definition) is 4. The van der Waals surface area contributed by atoms with Gasteiger partial charge in [0.25, 0.3) is 0 Å². The molecule has 0 unspecified atom stereocenters. The van der Waals surface area contributed by atoms with E-state index in [1.807, 2.05) is 0 Å². The molecule has 0 spiro atoms. The molecule has 37 heavy (non-hydrogen) atoms. The molecule has 4 N–H and O–H groups in total. The second-order valence-electron chi connectivity index (χ2n) is 13.4. The van der Waals surface area contributed by atoms with Crippen molar-refractivity contribution in [2.24, 2.45) is 40.4 Å². The Labute approximate surface area is 219 Å². The lowest BCUT2D eigenvalue weighted by Gasteiger charge is -2.61. The monoisotopic (exact) mass is 520 g/mol. The van der Waals surface area contributed by atoms with Crippen molar-refractivity contribution in [3.8, 4) is 0 Å². The van der Waals surface area contributed by atoms with Gasteiger partial charge in [-0.05, 0) is 104 Å². The summed E-state index contributed by atoms with van der Waals surface area (Å²) in [4.78, 5) is 11.8. The minimum Gasteiger partial charge on any atom is -0.458 e. The van der Waals surface area contributed by atoms with Gasteiger partial charge in [0.05, 0.1) is 12.7 Å². The number of ether oxygens (including phenoxy) is 3. The van der Waals surface area contributed by atoms with Gasteiger partial charge in [-0.25, -0.2) is 4.79 Å². The minimum atomic E-state index is -1.41. The molecule has 0 bridgehead atoms. The smallest absolute Gasteiger partial charge is 0.331 e. The average molecular weight is 521 g/mol. The van der Waals surface area contributed by atoms with Gasteiger partial charge in [-0.15, -0.1) is 0 Å². The Morgan fingerprint density at radius 3 is 2.43 bits per heavy atom. The van der Waals surface area contributed by atoms with Gasteiger partial charge >= 0.3 is 5.97 Å². The van der Waals surface area contributed by atoms with Crippen LogP contribution in [0.4, 0.5) is 0 Å². The minimum absolute atomic E-state index is 0.0763. The molecule has 4 saturated carbocycles. The predicted molar refractivity (Wildman–Crippen MR) is 133 cm³/mol. The summed E-state index contributed by atoms with van der Waals surface area (Å²) in [6, 6.07) is 0. The molecular formula is C29H44O8. The first-order chi connectivity index (χ1) is 17.7. The standard InChI is InChI=1S/C29H44O8/c1-28-9-7-17(36-27-26(34)25(33)24(32)22(13-30)37-27)12-16(28)3-4-18-20-6-5-19(15-11-23(31)35-14-15)29(20,2)10-8-21(18)28/h11,16-22,24-27,30,32-34H,3-10,12-14H2,1-2H3/t16-,17+,18+,19-,20+,21+,22-,24+,25+,26-,27-,28+,29+/m1/s1. The van der Waals surface area contributed by atoms with E-state index in [0.717, 1.165) is 25.2 Å². The van der Waals surface area contributed by atoms with E-state index in [-0.39, 0.29) is 22.9 Å². The maximum absolute atomic E-state index is 11.8. The molecule has 13 atom stereocenters. The number of hydrogen-bond acceptors (Lipinski definition) is 8. The van der Waals surface area contributed by atoms with Crippen LogP contribution >= 0.6 is 0 Å². The summed E-state index contributed by atoms with van der Waals surface area (Å²) in [5, 5.41) is 40.2. The van der Waals surface area contributed by atoms with Crippen molar-refractivity contribution in [1.82, 2.24) is 0 Å². The topological polar surface area (TPSA) is 126 Å². The van der Waals surface area contributed by atoms with Gasteiger partial charge < -0.3 is 34.6 Å². The van der Waals surface area contributed by atoms with Crippen molar-refractivity contribution in [1.29, 1.82) is 0 Å². The Hall–Kier alpha value is -1.03. The molecule has 6 aliphatic rings. The normalized spacial score (nSPS) is 53.6. The van der Waals surface area contributed by atoms with Gasteiger partial charge in [0.15, 0.2) is 6.29 Å². The summed E-state index contributed by atoms with van der Waals surface area (Å²) in [7, 11) is 0. The highest BCUT2D eigenvalue weighted by atomic mass is 16.7. The Balaban J connectivity index is 1.13. The van der Waals surface area contributed by atoms with E-state index in [9.17, 15) is 25.2 Å². The van der Waals surface area contributed by atoms with Gasteiger partial charge in [-0.1, -0.05) is 13.8 Å². The van der Waals surface area contributed by atoms with Crippen LogP contribution < -0.4 is 0 Å². The number of aliphatic hydroxyl groups excluding tert-OH is 4. The number of carbonyl (C=O) groups excluding carboxylic acids is 1. The van der Waals surface area contributed by atoms with Crippen LogP contribution in [0.2, 0.25) is 0 Å². The maximum atomic E-state index is 11.8. The third-order valence-corrected chi connectivity index (χ3v) is 11.9. The molecule has 2 aliphatic heterocycles. The van der Waals surface area contributed by atoms with Crippen LogP contribution in [0.5, 0.6) is 0 Å². The largest absolute Gasteiger partial charge is 0.458 e. The third-order valence-electron chi connectivity index (χ3n) is 11.9. The fourth-order valence-corrected chi connectivity index (χ4v) is 9.91. The van der Waals surface area contributed by atoms with E-state index in [2.05, 4.69) is 13.8 Å². The quantitative estimate of drug-likeness (QED) is 0.329. The van der Waals surface area contributed by atoms with Crippen LogP contribution in [0.25, 0.3) is 0 Å². The summed E-state index contributed by atoms with van der Waals surface area (Å²) in [6.45, 7) is 5.02. The molecule has 8 heteroatoms. The number of esters is 1. The molecule has 0 radical (unpaired) electrons. The van der Waals surface area contributed by atoms with Crippen LogP contribution in [0, 0.1) is 40.4 Å². The van der Waals surface area contributed by atoms with Crippen LogP contribution in [0.1, 0.15) is 71.6 Å². The highest BCUT2D eigenvalue weighted by Crippen LogP contribution is 2.68. The molecule has 0 aromatic rings. The Morgan fingerprint density at radius 1 is 0.946 bits per heavy atom. The van der Waals surface area contributed by atoms with Crippen molar-refractivity contribution >= 4 is 5.97 Å². The van der Waals surface area contributed by atoms with Crippen molar-refractivity contribution < 1.29 is 39.4 Å². The van der Waals surface area contributed by atoms with E-state index < -0.39 is 37.3 Å². The fourth-order valence-electron chi connectivity index (χ4n) is 9.91. The number of aliphatic hydroxyl groups is 4. The lowest BCUT2D eigenvalue weighted by Crippen LogP contribution is -2.60. The molecule has 5 fully saturated rings. The molecule has 2 heterocycles. The molecule has 0 amide bonds. The zero-order chi connectivity index (χ0) is 26.1. The van der Waals surface area contributed by atoms with E-state index in [1.54, 1.807) is 6.08 Å². The van der Waals surface area contributed by atoms with E-state index in [4.69, 9.17) is 14.2 Å². The molecule has 1 saturated heterocycles. The van der Waals surface area contributed by atoms with E-state index >= 15 is 0 Å². The van der Waals surface area contributed by atoms with Crippen molar-refractivity contribution in [3.63, 3.8) is 0 Å². The summed E-state index contributed by atoms with van der Waals surface area (Å²) >= 11 is 0. The summed E-state index contributed by atoms with van der Waals surface area (Å²) in [5.74, 6) is 2.97. The van der Waals surface area contributed by atoms with E-state index in [1.165, 1.54) is 44.1 Å². The molecule has 4 aliphatic carbocycles. The number of cyclic esters (lactones) is 1. The molecule has 0 aromatic heterocycles. The lowest BCUT2D eigenvalue weighted by molar-refractivity contribution is -0.316. The highest BCUT2D eigenvalue weighted by Gasteiger charge is 2.61. The van der Waals surface area contributed by atoms with Gasteiger partial charge in [0, 0.05) is 6.08 Å². The molecular weight excluding hydrogens is 476 g/mol. The van der Waals surface area contributed by atoms with Crippen molar-refractivity contribution in [3.05, 3.63) is 11.6 Å². The Kier molecular flexibility index (Phi) is 6.77. The summed E-state index contributed by atoms with van der Waals surface area (Å²) < 4.78 is 17.1. The van der Waals surface area contributed by atoms with Gasteiger partial charge in [-0.2, -0.15) is 0 Å². The first-order valence-corrected chi connectivity index (χ1v) is 14.5. The molecule has 208 valence electrons. The van der Waals surface area contributed by atoms with Crippen molar-refractivity contribution in [2.75, 3.05) is 13.2 Å². The Morgan fingerprint density at radius 2 is 1.70 bits per heavy atom. The van der Waals surface area contributed by atoms with Crippen LogP contribution in [0.15, 0.2) is 11.6 Å². The number of rotatable bonds is 4. The first kappa shape index (κ1) is 26.2. The van der Waals surface area contributed by atoms with Crippen molar-refractivity contribution in [2.45, 2.75) is 108 Å². The number of carbonyl (C=O) groups is 1. The molecule has 6 rings (SSSR count). The van der Waals surface area contributed by atoms with E-state index in [0.29, 0.717) is 30.3 Å². The zero-order valence-electron chi connectivity index (χ0n) is 22.1. The summed E-state index contributed by atoms with van der Waals surface area (Å²) in [5.41, 5.74) is 1.75. The first-order valence-electron chi connectivity index (χ1n) is 14.5. The molecule has 8 nitrogen and oxygen atoms in total. The van der Waals surface area contributed by atoms with Crippen LogP contribution in [-0.4, -0.2) is 76.4 Å². The van der Waals surface area contributed by atoms with Crippen LogP contribution in [-0.2, 0) is 19.0 Å². The molecule has 0 aromatic carbocycles. The van der Waals surface area contributed by atoms with Gasteiger partial charge in [0.1, 0.15) is 31.0 Å². The highest BCUT2D eigenvalue weighted by molar-refractivity contribution is 5.85. The SMILES string of the molecule is C[C@]12CC[C@H](O[C@@H]3O[C@H](CO)[C@H](O)[C@H](O)[C@H]3O)C[C@H]1CC[C@@H]1[C@@H]2CC[C@@]2(C)[C@@H](C3=CC(=O)OC3)CC[C@@H]12. The fraction of sp³-hybridized carbons (Fsp3) is 0.897. The van der Waals surface area contributed by atoms with Crippen LogP contribution in [0.3, 0.4) is 0 Å². The predicted octanol–water partition coefficient (Wildman–Crippen LogP) is 2.31. The summed E-state index contributed by atoms with van der Waals surface area (Å²) in [6.07, 6.45) is 5.71. The third kappa shape index (κ3) is 4.13. The lowest BCUT2D eigenvalue weighted by atomic mass is 9.44. The van der Waals surface area contributed by atoms with Gasteiger partial charge in [0.2, 0.25) is 0 Å². The second kappa shape index (κ2) is 9.56. The second-order valence-corrected chi connectivity index (χ2v) is 13.4. The number of fused-ring (bicyclic) bond motifs is 5. The zero-order valence-corrected chi connectivity index (χ0v) is 22.1. The maximum Gasteiger partial charge on any atom is 0.331 e.